The van der Waals surface area contributed by atoms with E-state index in [0.29, 0.717) is 12.1 Å². The summed E-state index contributed by atoms with van der Waals surface area (Å²) in [5.74, 6) is 0. The zero-order chi connectivity index (χ0) is 15.9. The number of halogens is 1. The SMILES string of the molecule is CC(C)(C)OC(=O)N1CC2CCC(C1)N2c1cncc(Br)c1. The molecule has 0 aromatic carbocycles. The molecular weight excluding hydrogens is 346 g/mol. The fourth-order valence-electron chi connectivity index (χ4n) is 3.34. The average molecular weight is 368 g/mol. The van der Waals surface area contributed by atoms with Gasteiger partial charge in [-0.05, 0) is 55.6 Å². The second-order valence-corrected chi connectivity index (χ2v) is 7.95. The topological polar surface area (TPSA) is 45.7 Å². The minimum Gasteiger partial charge on any atom is -0.444 e. The van der Waals surface area contributed by atoms with Crippen LogP contribution in [-0.2, 0) is 4.74 Å². The van der Waals surface area contributed by atoms with Crippen LogP contribution in [0.15, 0.2) is 22.9 Å². The molecule has 0 saturated carbocycles. The molecule has 0 spiro atoms. The van der Waals surface area contributed by atoms with Gasteiger partial charge in [0.25, 0.3) is 0 Å². The molecule has 120 valence electrons. The van der Waals surface area contributed by atoms with Crippen LogP contribution in [0.1, 0.15) is 33.6 Å². The van der Waals surface area contributed by atoms with E-state index in [9.17, 15) is 4.79 Å². The molecule has 0 N–H and O–H groups in total. The number of nitrogens with zero attached hydrogens (tertiary/aromatic N) is 3. The van der Waals surface area contributed by atoms with E-state index in [1.54, 1.807) is 6.20 Å². The van der Waals surface area contributed by atoms with Crippen molar-refractivity contribution in [1.29, 1.82) is 0 Å². The number of rotatable bonds is 1. The number of ether oxygens (including phenoxy) is 1. The Morgan fingerprint density at radius 1 is 1.27 bits per heavy atom. The summed E-state index contributed by atoms with van der Waals surface area (Å²) in [7, 11) is 0. The Kier molecular flexibility index (Phi) is 4.05. The van der Waals surface area contributed by atoms with Crippen LogP contribution >= 0.6 is 15.9 Å². The molecule has 2 aliphatic rings. The van der Waals surface area contributed by atoms with Crippen LogP contribution < -0.4 is 4.90 Å². The number of aromatic nitrogens is 1. The molecule has 6 heteroatoms. The molecule has 3 heterocycles. The van der Waals surface area contributed by atoms with Gasteiger partial charge in [-0.25, -0.2) is 4.79 Å². The molecular formula is C16H22BrN3O2. The molecule has 2 unspecified atom stereocenters. The highest BCUT2D eigenvalue weighted by Crippen LogP contribution is 2.35. The number of anilines is 1. The van der Waals surface area contributed by atoms with Crippen LogP contribution in [0, 0.1) is 0 Å². The van der Waals surface area contributed by atoms with E-state index in [4.69, 9.17) is 4.74 Å². The second kappa shape index (κ2) is 5.72. The van der Waals surface area contributed by atoms with Crippen LogP contribution in [0.2, 0.25) is 0 Å². The minimum absolute atomic E-state index is 0.198. The van der Waals surface area contributed by atoms with Gasteiger partial charge in [0, 0.05) is 35.8 Å². The Labute approximate surface area is 139 Å². The number of hydrogen-bond acceptors (Lipinski definition) is 4. The molecule has 22 heavy (non-hydrogen) atoms. The fraction of sp³-hybridized carbons (Fsp3) is 0.625. The highest BCUT2D eigenvalue weighted by Gasteiger charge is 2.42. The lowest BCUT2D eigenvalue weighted by Gasteiger charge is -2.42. The van der Waals surface area contributed by atoms with Crippen molar-refractivity contribution in [3.05, 3.63) is 22.9 Å². The normalized spacial score (nSPS) is 24.5. The standard InChI is InChI=1S/C16H22BrN3O2/c1-16(2,3)22-15(21)19-9-12-4-5-13(10-19)20(12)14-6-11(17)7-18-8-14/h6-8,12-13H,4-5,9-10H2,1-3H3. The van der Waals surface area contributed by atoms with Gasteiger partial charge < -0.3 is 14.5 Å². The lowest BCUT2D eigenvalue weighted by Crippen LogP contribution is -2.56. The number of carbonyl (C=O) groups excluding carboxylic acids is 1. The molecule has 5 nitrogen and oxygen atoms in total. The second-order valence-electron chi connectivity index (χ2n) is 7.04. The molecule has 3 rings (SSSR count). The zero-order valence-corrected chi connectivity index (χ0v) is 14.8. The van der Waals surface area contributed by atoms with Crippen molar-refractivity contribution in [3.8, 4) is 0 Å². The third-order valence-electron chi connectivity index (χ3n) is 4.12. The molecule has 2 fully saturated rings. The van der Waals surface area contributed by atoms with Crippen molar-refractivity contribution < 1.29 is 9.53 Å². The van der Waals surface area contributed by atoms with E-state index in [2.05, 4.69) is 31.9 Å². The first kappa shape index (κ1) is 15.6. The Balaban J connectivity index is 1.73. The van der Waals surface area contributed by atoms with Gasteiger partial charge in [-0.2, -0.15) is 0 Å². The van der Waals surface area contributed by atoms with Gasteiger partial charge in [0.2, 0.25) is 0 Å². The zero-order valence-electron chi connectivity index (χ0n) is 13.3. The first-order valence-electron chi connectivity index (χ1n) is 7.70. The molecule has 1 aromatic heterocycles. The molecule has 1 aromatic rings. The highest BCUT2D eigenvalue weighted by molar-refractivity contribution is 9.10. The molecule has 2 aliphatic heterocycles. The summed E-state index contributed by atoms with van der Waals surface area (Å²) in [4.78, 5) is 20.8. The van der Waals surface area contributed by atoms with Crippen LogP contribution in [0.5, 0.6) is 0 Å². The van der Waals surface area contributed by atoms with Gasteiger partial charge in [0.1, 0.15) is 5.60 Å². The number of carbonyl (C=O) groups is 1. The lowest BCUT2D eigenvalue weighted by molar-refractivity contribution is 0.0209. The maximum absolute atomic E-state index is 12.3. The smallest absolute Gasteiger partial charge is 0.410 e. The molecule has 2 atom stereocenters. The van der Waals surface area contributed by atoms with E-state index in [1.807, 2.05) is 31.9 Å². The van der Waals surface area contributed by atoms with Gasteiger partial charge >= 0.3 is 6.09 Å². The van der Waals surface area contributed by atoms with Gasteiger partial charge in [-0.3, -0.25) is 4.98 Å². The van der Waals surface area contributed by atoms with Crippen molar-refractivity contribution in [2.24, 2.45) is 0 Å². The van der Waals surface area contributed by atoms with Crippen molar-refractivity contribution in [2.45, 2.75) is 51.3 Å². The van der Waals surface area contributed by atoms with E-state index >= 15 is 0 Å². The third kappa shape index (κ3) is 3.21. The molecule has 0 radical (unpaired) electrons. The number of fused-ring (bicyclic) bond motifs is 2. The van der Waals surface area contributed by atoms with Crippen molar-refractivity contribution >= 4 is 27.7 Å². The van der Waals surface area contributed by atoms with Gasteiger partial charge in [0.05, 0.1) is 11.9 Å². The minimum atomic E-state index is -0.443. The summed E-state index contributed by atoms with van der Waals surface area (Å²) in [5.41, 5.74) is 0.687. The number of piperazine rings is 1. The van der Waals surface area contributed by atoms with Crippen LogP contribution in [0.25, 0.3) is 0 Å². The molecule has 2 saturated heterocycles. The fourth-order valence-corrected chi connectivity index (χ4v) is 3.69. The maximum atomic E-state index is 12.3. The number of hydrogen-bond donors (Lipinski definition) is 0. The highest BCUT2D eigenvalue weighted by atomic mass is 79.9. The maximum Gasteiger partial charge on any atom is 0.410 e. The van der Waals surface area contributed by atoms with Crippen LogP contribution in [0.3, 0.4) is 0 Å². The van der Waals surface area contributed by atoms with E-state index in [0.717, 1.165) is 36.1 Å². The summed E-state index contributed by atoms with van der Waals surface area (Å²) >= 11 is 3.48. The van der Waals surface area contributed by atoms with Gasteiger partial charge in [0.15, 0.2) is 0 Å². The van der Waals surface area contributed by atoms with Crippen molar-refractivity contribution in [1.82, 2.24) is 9.88 Å². The molecule has 0 aliphatic carbocycles. The first-order valence-corrected chi connectivity index (χ1v) is 8.49. The molecule has 2 bridgehead atoms. The van der Waals surface area contributed by atoms with Gasteiger partial charge in [-0.15, -0.1) is 0 Å². The Morgan fingerprint density at radius 2 is 1.91 bits per heavy atom. The Bertz CT molecular complexity index is 559. The van der Waals surface area contributed by atoms with Crippen LogP contribution in [-0.4, -0.2) is 46.8 Å². The Hall–Kier alpha value is -1.30. The van der Waals surface area contributed by atoms with E-state index < -0.39 is 5.60 Å². The summed E-state index contributed by atoms with van der Waals surface area (Å²) in [6.07, 6.45) is 5.71. The monoisotopic (exact) mass is 367 g/mol. The summed E-state index contributed by atoms with van der Waals surface area (Å²) in [6.45, 7) is 7.16. The predicted octanol–water partition coefficient (Wildman–Crippen LogP) is 3.43. The summed E-state index contributed by atoms with van der Waals surface area (Å²) < 4.78 is 6.50. The van der Waals surface area contributed by atoms with Crippen molar-refractivity contribution in [2.75, 3.05) is 18.0 Å². The number of amides is 1. The third-order valence-corrected chi connectivity index (χ3v) is 4.56. The summed E-state index contributed by atoms with van der Waals surface area (Å²) in [5, 5.41) is 0. The quantitative estimate of drug-likeness (QED) is 0.762. The van der Waals surface area contributed by atoms with E-state index in [-0.39, 0.29) is 6.09 Å². The number of pyridine rings is 1. The predicted molar refractivity (Wildman–Crippen MR) is 89.0 cm³/mol. The van der Waals surface area contributed by atoms with Crippen LogP contribution in [0.4, 0.5) is 10.5 Å². The number of likely N-dealkylation sites (tertiary alicyclic amines) is 1. The lowest BCUT2D eigenvalue weighted by atomic mass is 10.1. The summed E-state index contributed by atoms with van der Waals surface area (Å²) in [6, 6.07) is 2.80. The largest absolute Gasteiger partial charge is 0.444 e. The van der Waals surface area contributed by atoms with Gasteiger partial charge in [-0.1, -0.05) is 0 Å². The average Bonchev–Trinajstić information content (AvgIpc) is 2.67. The first-order chi connectivity index (χ1) is 10.3. The van der Waals surface area contributed by atoms with Crippen molar-refractivity contribution in [3.63, 3.8) is 0 Å². The van der Waals surface area contributed by atoms with E-state index in [1.165, 1.54) is 0 Å². The molecule has 1 amide bonds. The Morgan fingerprint density at radius 3 is 2.45 bits per heavy atom.